The van der Waals surface area contributed by atoms with Crippen LogP contribution in [0.15, 0.2) is 42.5 Å². The van der Waals surface area contributed by atoms with Crippen LogP contribution in [0.2, 0.25) is 5.02 Å². The van der Waals surface area contributed by atoms with Gasteiger partial charge in [-0.3, -0.25) is 4.79 Å². The molecule has 4 N–H and O–H groups in total. The van der Waals surface area contributed by atoms with Crippen molar-refractivity contribution in [1.82, 2.24) is 5.32 Å². The number of nitrogen functional groups attached to an aromatic ring is 1. The molecule has 0 aliphatic rings. The lowest BCUT2D eigenvalue weighted by atomic mass is 10.1. The van der Waals surface area contributed by atoms with E-state index in [4.69, 9.17) is 17.3 Å². The van der Waals surface area contributed by atoms with Gasteiger partial charge in [0.15, 0.2) is 0 Å². The predicted octanol–water partition coefficient (Wildman–Crippen LogP) is 3.03. The topological polar surface area (TPSA) is 67.2 Å². The average molecular weight is 276 g/mol. The van der Waals surface area contributed by atoms with Crippen molar-refractivity contribution in [2.24, 2.45) is 0 Å². The summed E-state index contributed by atoms with van der Waals surface area (Å²) in [6.45, 7) is 0. The van der Waals surface area contributed by atoms with Crippen LogP contribution in [0.5, 0.6) is 0 Å². The van der Waals surface area contributed by atoms with Crippen LogP contribution in [0.25, 0.3) is 0 Å². The molecule has 5 heteroatoms. The van der Waals surface area contributed by atoms with Crippen molar-refractivity contribution in [3.8, 4) is 0 Å². The highest BCUT2D eigenvalue weighted by Gasteiger charge is 2.11. The van der Waals surface area contributed by atoms with E-state index in [1.54, 1.807) is 31.3 Å². The summed E-state index contributed by atoms with van der Waals surface area (Å²) in [5.74, 6) is -0.207. The molecule has 0 saturated heterocycles. The summed E-state index contributed by atoms with van der Waals surface area (Å²) < 4.78 is 0. The lowest BCUT2D eigenvalue weighted by Crippen LogP contribution is -2.19. The predicted molar refractivity (Wildman–Crippen MR) is 79.0 cm³/mol. The third-order valence-corrected chi connectivity index (χ3v) is 2.99. The maximum atomic E-state index is 11.8. The number of carbonyl (C=O) groups is 1. The Balaban J connectivity index is 2.40. The third-order valence-electron chi connectivity index (χ3n) is 2.66. The number of benzene rings is 2. The SMILES string of the molecule is CNC(=O)c1cc(N)ccc1Nc1ccccc1Cl. The Labute approximate surface area is 116 Å². The molecule has 0 aliphatic carbocycles. The van der Waals surface area contributed by atoms with Crippen molar-refractivity contribution >= 4 is 34.6 Å². The summed E-state index contributed by atoms with van der Waals surface area (Å²) in [5, 5.41) is 6.30. The Kier molecular flexibility index (Phi) is 3.92. The molecule has 0 saturated carbocycles. The number of carbonyl (C=O) groups excluding carboxylic acids is 1. The number of anilines is 3. The van der Waals surface area contributed by atoms with Gasteiger partial charge in [0.1, 0.15) is 0 Å². The Hall–Kier alpha value is -2.20. The van der Waals surface area contributed by atoms with Crippen molar-refractivity contribution in [2.45, 2.75) is 0 Å². The second-order valence-corrected chi connectivity index (χ2v) is 4.40. The molecule has 98 valence electrons. The summed E-state index contributed by atoms with van der Waals surface area (Å²) in [6.07, 6.45) is 0. The van der Waals surface area contributed by atoms with E-state index in [0.717, 1.165) is 5.69 Å². The highest BCUT2D eigenvalue weighted by Crippen LogP contribution is 2.27. The summed E-state index contributed by atoms with van der Waals surface area (Å²) in [5.41, 5.74) is 8.10. The van der Waals surface area contributed by atoms with E-state index in [9.17, 15) is 4.79 Å². The van der Waals surface area contributed by atoms with Gasteiger partial charge in [-0.15, -0.1) is 0 Å². The number of para-hydroxylation sites is 1. The molecule has 0 bridgehead atoms. The molecule has 1 amide bonds. The van der Waals surface area contributed by atoms with Gasteiger partial charge in [-0.05, 0) is 30.3 Å². The highest BCUT2D eigenvalue weighted by atomic mass is 35.5. The third kappa shape index (κ3) is 2.98. The summed E-state index contributed by atoms with van der Waals surface area (Å²) in [6, 6.07) is 12.4. The van der Waals surface area contributed by atoms with Crippen LogP contribution in [0.4, 0.5) is 17.1 Å². The Bertz CT molecular complexity index is 613. The minimum atomic E-state index is -0.207. The van der Waals surface area contributed by atoms with E-state index < -0.39 is 0 Å². The van der Waals surface area contributed by atoms with Gasteiger partial charge in [-0.2, -0.15) is 0 Å². The monoisotopic (exact) mass is 275 g/mol. The molecule has 0 unspecified atom stereocenters. The van der Waals surface area contributed by atoms with Crippen molar-refractivity contribution in [1.29, 1.82) is 0 Å². The second kappa shape index (κ2) is 5.63. The molecule has 0 aromatic heterocycles. The Morgan fingerprint density at radius 1 is 1.16 bits per heavy atom. The maximum absolute atomic E-state index is 11.8. The molecule has 2 aromatic carbocycles. The summed E-state index contributed by atoms with van der Waals surface area (Å²) in [7, 11) is 1.57. The Morgan fingerprint density at radius 3 is 2.58 bits per heavy atom. The standard InChI is InChI=1S/C14H14ClN3O/c1-17-14(19)10-8-9(16)6-7-12(10)18-13-5-3-2-4-11(13)15/h2-8,18H,16H2,1H3,(H,17,19). The second-order valence-electron chi connectivity index (χ2n) is 3.99. The van der Waals surface area contributed by atoms with Crippen LogP contribution in [-0.4, -0.2) is 13.0 Å². The van der Waals surface area contributed by atoms with Crippen molar-refractivity contribution in [3.05, 3.63) is 53.1 Å². The number of amides is 1. The number of hydrogen-bond donors (Lipinski definition) is 3. The molecule has 0 radical (unpaired) electrons. The van der Waals surface area contributed by atoms with Crippen molar-refractivity contribution in [2.75, 3.05) is 18.1 Å². The molecule has 0 spiro atoms. The molecule has 0 heterocycles. The molecule has 19 heavy (non-hydrogen) atoms. The van der Waals surface area contributed by atoms with E-state index >= 15 is 0 Å². The van der Waals surface area contributed by atoms with E-state index in [1.807, 2.05) is 18.2 Å². The van der Waals surface area contributed by atoms with Gasteiger partial charge in [0, 0.05) is 12.7 Å². The average Bonchev–Trinajstić information content (AvgIpc) is 2.42. The van der Waals surface area contributed by atoms with Gasteiger partial charge in [0.05, 0.1) is 22.0 Å². The highest BCUT2D eigenvalue weighted by molar-refractivity contribution is 6.33. The fourth-order valence-electron chi connectivity index (χ4n) is 1.70. The first kappa shape index (κ1) is 13.2. The molecule has 0 atom stereocenters. The fourth-order valence-corrected chi connectivity index (χ4v) is 1.88. The molecular formula is C14H14ClN3O. The number of halogens is 1. The first-order valence-corrected chi connectivity index (χ1v) is 6.13. The van der Waals surface area contributed by atoms with Gasteiger partial charge < -0.3 is 16.4 Å². The van der Waals surface area contributed by atoms with E-state index in [-0.39, 0.29) is 5.91 Å². The minimum absolute atomic E-state index is 0.207. The van der Waals surface area contributed by atoms with Gasteiger partial charge in [0.25, 0.3) is 5.91 Å². The summed E-state index contributed by atoms with van der Waals surface area (Å²) in [4.78, 5) is 11.8. The van der Waals surface area contributed by atoms with Gasteiger partial charge >= 0.3 is 0 Å². The lowest BCUT2D eigenvalue weighted by molar-refractivity contribution is 0.0964. The smallest absolute Gasteiger partial charge is 0.253 e. The first-order chi connectivity index (χ1) is 9.11. The molecule has 4 nitrogen and oxygen atoms in total. The largest absolute Gasteiger partial charge is 0.399 e. The van der Waals surface area contributed by atoms with Crippen LogP contribution in [0, 0.1) is 0 Å². The van der Waals surface area contributed by atoms with Gasteiger partial charge in [0.2, 0.25) is 0 Å². The van der Waals surface area contributed by atoms with Crippen LogP contribution >= 0.6 is 11.6 Å². The molecule has 2 rings (SSSR count). The zero-order chi connectivity index (χ0) is 13.8. The van der Waals surface area contributed by atoms with Crippen LogP contribution in [0.1, 0.15) is 10.4 Å². The molecule has 0 fully saturated rings. The van der Waals surface area contributed by atoms with Gasteiger partial charge in [-0.1, -0.05) is 23.7 Å². The number of nitrogens with one attached hydrogen (secondary N) is 2. The fraction of sp³-hybridized carbons (Fsp3) is 0.0714. The summed E-state index contributed by atoms with van der Waals surface area (Å²) >= 11 is 6.08. The van der Waals surface area contributed by atoms with Crippen molar-refractivity contribution < 1.29 is 4.79 Å². The molecule has 2 aromatic rings. The van der Waals surface area contributed by atoms with Crippen molar-refractivity contribution in [3.63, 3.8) is 0 Å². The van der Waals surface area contributed by atoms with Crippen LogP contribution in [-0.2, 0) is 0 Å². The molecule has 0 aliphatic heterocycles. The normalized spacial score (nSPS) is 10.0. The van der Waals surface area contributed by atoms with E-state index in [0.29, 0.717) is 22.0 Å². The van der Waals surface area contributed by atoms with E-state index in [2.05, 4.69) is 10.6 Å². The quantitative estimate of drug-likeness (QED) is 0.754. The number of hydrogen-bond acceptors (Lipinski definition) is 3. The minimum Gasteiger partial charge on any atom is -0.399 e. The zero-order valence-electron chi connectivity index (χ0n) is 10.4. The van der Waals surface area contributed by atoms with Crippen LogP contribution < -0.4 is 16.4 Å². The molecular weight excluding hydrogens is 262 g/mol. The number of nitrogens with two attached hydrogens (primary N) is 1. The Morgan fingerprint density at radius 2 is 1.89 bits per heavy atom. The lowest BCUT2D eigenvalue weighted by Gasteiger charge is -2.13. The van der Waals surface area contributed by atoms with Gasteiger partial charge in [-0.25, -0.2) is 0 Å². The first-order valence-electron chi connectivity index (χ1n) is 5.75. The zero-order valence-corrected chi connectivity index (χ0v) is 11.2. The van der Waals surface area contributed by atoms with E-state index in [1.165, 1.54) is 0 Å². The number of rotatable bonds is 3. The van der Waals surface area contributed by atoms with Crippen LogP contribution in [0.3, 0.4) is 0 Å². The maximum Gasteiger partial charge on any atom is 0.253 e.